The minimum atomic E-state index is -0.601. The average molecular weight is 609 g/mol. The summed E-state index contributed by atoms with van der Waals surface area (Å²) in [6, 6.07) is 8.44. The van der Waals surface area contributed by atoms with E-state index in [1.165, 1.54) is 4.90 Å². The number of benzene rings is 2. The van der Waals surface area contributed by atoms with Gasteiger partial charge in [0, 0.05) is 31.3 Å². The number of likely N-dealkylation sites (N-methyl/N-ethyl adjacent to an activating group) is 1. The van der Waals surface area contributed by atoms with Crippen molar-refractivity contribution in [2.45, 2.75) is 39.8 Å². The molecule has 3 aromatic rings. The summed E-state index contributed by atoms with van der Waals surface area (Å²) >= 11 is 0. The van der Waals surface area contributed by atoms with Gasteiger partial charge in [-0.05, 0) is 45.0 Å². The molecule has 14 heteroatoms. The molecule has 3 atom stereocenters. The first-order valence-electron chi connectivity index (χ1n) is 14.2. The Morgan fingerprint density at radius 2 is 1.91 bits per heavy atom. The summed E-state index contributed by atoms with van der Waals surface area (Å²) < 4.78 is 22.3. The minimum absolute atomic E-state index is 0.106. The lowest BCUT2D eigenvalue weighted by atomic mass is 9.99. The number of aryl methyl sites for hydroxylation is 2. The van der Waals surface area contributed by atoms with E-state index in [0.717, 1.165) is 0 Å². The largest absolute Gasteiger partial charge is 0.485 e. The predicted octanol–water partition coefficient (Wildman–Crippen LogP) is 4.05. The molecule has 0 unspecified atom stereocenters. The zero-order valence-electron chi connectivity index (χ0n) is 25.2. The number of anilines is 3. The lowest BCUT2D eigenvalue weighted by Crippen LogP contribution is -2.50. The fourth-order valence-electron chi connectivity index (χ4n) is 5.04. The number of aliphatic hydroxyl groups is 1. The highest BCUT2D eigenvalue weighted by Crippen LogP contribution is 2.36. The highest BCUT2D eigenvalue weighted by atomic mass is 16.7. The molecule has 2 aliphatic rings. The van der Waals surface area contributed by atoms with Gasteiger partial charge in [0.2, 0.25) is 6.79 Å². The van der Waals surface area contributed by atoms with Gasteiger partial charge in [-0.3, -0.25) is 4.79 Å². The van der Waals surface area contributed by atoms with Crippen molar-refractivity contribution in [3.8, 4) is 17.2 Å². The number of para-hydroxylation sites is 1. The second-order valence-electron chi connectivity index (χ2n) is 11.0. The summed E-state index contributed by atoms with van der Waals surface area (Å²) in [5.74, 6) is 1.11. The van der Waals surface area contributed by atoms with Crippen LogP contribution in [0, 0.1) is 19.8 Å². The number of amides is 5. The number of carbonyl (C=O) groups is 3. The van der Waals surface area contributed by atoms with Crippen LogP contribution < -0.4 is 30.2 Å². The van der Waals surface area contributed by atoms with E-state index < -0.39 is 24.2 Å². The maximum Gasteiger partial charge on any atom is 0.323 e. The van der Waals surface area contributed by atoms with Crippen molar-refractivity contribution in [2.24, 2.45) is 5.92 Å². The lowest BCUT2D eigenvalue weighted by Gasteiger charge is -2.38. The summed E-state index contributed by atoms with van der Waals surface area (Å²) in [4.78, 5) is 43.0. The molecule has 0 spiro atoms. The summed E-state index contributed by atoms with van der Waals surface area (Å²) in [6.45, 7) is 7.37. The number of nitrogens with zero attached hydrogens (tertiary/aromatic N) is 3. The zero-order valence-corrected chi connectivity index (χ0v) is 25.2. The number of aromatic nitrogens is 1. The number of carbonyl (C=O) groups excluding carboxylic acids is 3. The van der Waals surface area contributed by atoms with Gasteiger partial charge in [0.15, 0.2) is 23.0 Å². The normalized spacial score (nSPS) is 18.0. The Balaban J connectivity index is 1.40. The van der Waals surface area contributed by atoms with Gasteiger partial charge in [-0.25, -0.2) is 9.59 Å². The highest BCUT2D eigenvalue weighted by molar-refractivity contribution is 6.04. The number of hydrogen-bond acceptors (Lipinski definition) is 9. The van der Waals surface area contributed by atoms with E-state index >= 15 is 0 Å². The molecule has 0 fully saturated rings. The Labute approximate surface area is 254 Å². The molecular weight excluding hydrogens is 572 g/mol. The molecule has 5 amide bonds. The van der Waals surface area contributed by atoms with Crippen molar-refractivity contribution in [1.82, 2.24) is 15.0 Å². The van der Waals surface area contributed by atoms with Crippen molar-refractivity contribution >= 4 is 35.0 Å². The quantitative estimate of drug-likeness (QED) is 0.309. The van der Waals surface area contributed by atoms with Crippen LogP contribution in [0.15, 0.2) is 40.9 Å². The van der Waals surface area contributed by atoms with E-state index in [1.807, 2.05) is 6.92 Å². The van der Waals surface area contributed by atoms with Gasteiger partial charge < -0.3 is 49.6 Å². The number of hydrogen-bond donors (Lipinski definition) is 4. The van der Waals surface area contributed by atoms with Gasteiger partial charge in [0.1, 0.15) is 17.5 Å². The Bertz CT molecular complexity index is 1540. The lowest BCUT2D eigenvalue weighted by molar-refractivity contribution is 0.0373. The van der Waals surface area contributed by atoms with E-state index in [9.17, 15) is 19.5 Å². The molecule has 14 nitrogen and oxygen atoms in total. The maximum atomic E-state index is 13.7. The van der Waals surface area contributed by atoms with Crippen LogP contribution in [0.2, 0.25) is 0 Å². The van der Waals surface area contributed by atoms with E-state index in [-0.39, 0.29) is 55.3 Å². The molecular formula is C30H36N6O8. The first-order valence-corrected chi connectivity index (χ1v) is 14.2. The number of urea groups is 2. The van der Waals surface area contributed by atoms with Crippen molar-refractivity contribution in [2.75, 3.05) is 49.5 Å². The van der Waals surface area contributed by atoms with E-state index in [1.54, 1.807) is 69.1 Å². The predicted molar refractivity (Wildman–Crippen MR) is 160 cm³/mol. The minimum Gasteiger partial charge on any atom is -0.485 e. The smallest absolute Gasteiger partial charge is 0.323 e. The van der Waals surface area contributed by atoms with Crippen LogP contribution in [0.1, 0.15) is 35.7 Å². The molecule has 0 bridgehead atoms. The van der Waals surface area contributed by atoms with Crippen molar-refractivity contribution in [3.63, 3.8) is 0 Å². The second-order valence-corrected chi connectivity index (χ2v) is 11.0. The van der Waals surface area contributed by atoms with Crippen LogP contribution >= 0.6 is 0 Å². The monoisotopic (exact) mass is 608 g/mol. The number of rotatable bonds is 7. The van der Waals surface area contributed by atoms with Crippen molar-refractivity contribution in [1.29, 1.82) is 0 Å². The van der Waals surface area contributed by atoms with Crippen LogP contribution in [0.5, 0.6) is 17.2 Å². The van der Waals surface area contributed by atoms with Gasteiger partial charge in [0.25, 0.3) is 5.91 Å². The summed E-state index contributed by atoms with van der Waals surface area (Å²) in [6.07, 6.45) is -0.601. The molecule has 5 rings (SSSR count). The maximum absolute atomic E-state index is 13.7. The van der Waals surface area contributed by atoms with Crippen LogP contribution in [-0.2, 0) is 0 Å². The SMILES string of the molecule is Cc1noc(C)c1NC(=O)N(C)C[C@@H]1Oc2c(NC(=O)Nc3ccc4c(c3)OCO4)cccc2C(=O)N([C@H](C)CO)C[C@H]1C. The Hall–Kier alpha value is -4.98. The highest BCUT2D eigenvalue weighted by Gasteiger charge is 2.35. The molecule has 44 heavy (non-hydrogen) atoms. The summed E-state index contributed by atoms with van der Waals surface area (Å²) in [7, 11) is 1.63. The third kappa shape index (κ3) is 6.34. The Morgan fingerprint density at radius 1 is 1.14 bits per heavy atom. The first-order chi connectivity index (χ1) is 21.0. The van der Waals surface area contributed by atoms with Gasteiger partial charge >= 0.3 is 12.1 Å². The second kappa shape index (κ2) is 12.7. The van der Waals surface area contributed by atoms with Crippen LogP contribution in [0.4, 0.5) is 26.7 Å². The Kier molecular flexibility index (Phi) is 8.81. The number of nitrogens with one attached hydrogen (secondary N) is 3. The number of aliphatic hydroxyl groups excluding tert-OH is 1. The number of ether oxygens (including phenoxy) is 3. The molecule has 4 N–H and O–H groups in total. The molecule has 3 heterocycles. The standard InChI is InChI=1S/C30H36N6O8/c1-16-12-36(17(2)14-37)28(38)21-7-6-8-22(32-29(39)31-20-9-10-23-24(11-20)42-15-41-23)27(21)43-25(16)13-35(5)30(40)33-26-18(3)34-44-19(26)4/h6-11,16-17,25,37H,12-15H2,1-5H3,(H,33,40)(H2,31,32,39)/t16-,17-,25+/m1/s1. The third-order valence-electron chi connectivity index (χ3n) is 7.64. The van der Waals surface area contributed by atoms with E-state index in [2.05, 4.69) is 21.1 Å². The van der Waals surface area contributed by atoms with Crippen LogP contribution in [-0.4, -0.2) is 83.7 Å². The third-order valence-corrected chi connectivity index (χ3v) is 7.64. The average Bonchev–Trinajstić information content (AvgIpc) is 3.60. The van der Waals surface area contributed by atoms with Crippen molar-refractivity contribution < 1.29 is 38.2 Å². The van der Waals surface area contributed by atoms with E-state index in [4.69, 9.17) is 18.7 Å². The fourth-order valence-corrected chi connectivity index (χ4v) is 5.04. The molecule has 1 aromatic heterocycles. The molecule has 0 aliphatic carbocycles. The molecule has 234 valence electrons. The van der Waals surface area contributed by atoms with Gasteiger partial charge in [-0.2, -0.15) is 0 Å². The van der Waals surface area contributed by atoms with Gasteiger partial charge in [0.05, 0.1) is 30.4 Å². The summed E-state index contributed by atoms with van der Waals surface area (Å²) in [5.41, 5.74) is 1.99. The molecule has 2 aliphatic heterocycles. The van der Waals surface area contributed by atoms with Crippen LogP contribution in [0.25, 0.3) is 0 Å². The number of fused-ring (bicyclic) bond motifs is 2. The first kappa shape index (κ1) is 30.5. The fraction of sp³-hybridized carbons (Fsp3) is 0.400. The van der Waals surface area contributed by atoms with E-state index in [0.29, 0.717) is 34.3 Å². The summed E-state index contributed by atoms with van der Waals surface area (Å²) in [5, 5.41) is 22.2. The topological polar surface area (TPSA) is 168 Å². The zero-order chi connectivity index (χ0) is 31.5. The van der Waals surface area contributed by atoms with Crippen molar-refractivity contribution in [3.05, 3.63) is 53.4 Å². The van der Waals surface area contributed by atoms with Gasteiger partial charge in [-0.1, -0.05) is 18.1 Å². The Morgan fingerprint density at radius 3 is 2.64 bits per heavy atom. The molecule has 0 saturated heterocycles. The van der Waals surface area contributed by atoms with Gasteiger partial charge in [-0.15, -0.1) is 0 Å². The molecule has 0 radical (unpaired) electrons. The molecule has 2 aromatic carbocycles. The molecule has 0 saturated carbocycles. The van der Waals surface area contributed by atoms with Crippen LogP contribution in [0.3, 0.4) is 0 Å².